The number of likely N-dealkylation sites (tertiary alicyclic amines) is 1. The lowest BCUT2D eigenvalue weighted by molar-refractivity contribution is -0.121. The molecule has 2 heterocycles. The van der Waals surface area contributed by atoms with Gasteiger partial charge in [0, 0.05) is 24.7 Å². The van der Waals surface area contributed by atoms with E-state index in [4.69, 9.17) is 9.15 Å². The van der Waals surface area contributed by atoms with Crippen molar-refractivity contribution in [3.63, 3.8) is 0 Å². The predicted octanol–water partition coefficient (Wildman–Crippen LogP) is 3.08. The number of furan rings is 1. The summed E-state index contributed by atoms with van der Waals surface area (Å²) in [6.07, 6.45) is 1.06. The Hall–Kier alpha value is -2.53. The first-order valence-corrected chi connectivity index (χ1v) is 9.56. The molecule has 0 aliphatic carbocycles. The van der Waals surface area contributed by atoms with Crippen molar-refractivity contribution in [3.8, 4) is 6.07 Å². The summed E-state index contributed by atoms with van der Waals surface area (Å²) in [5, 5.41) is 14.9. The third-order valence-corrected chi connectivity index (χ3v) is 4.91. The SMILES string of the molecule is Cc1oc(NC(=O)C(C)N2CCC(NC(=O)OC(C)(C)C)CC2)c(C#N)c1C. The van der Waals surface area contributed by atoms with Crippen molar-refractivity contribution in [3.05, 3.63) is 16.9 Å². The lowest BCUT2D eigenvalue weighted by Crippen LogP contribution is -2.51. The van der Waals surface area contributed by atoms with Gasteiger partial charge in [0.25, 0.3) is 0 Å². The first-order valence-electron chi connectivity index (χ1n) is 9.56. The Morgan fingerprint density at radius 3 is 2.43 bits per heavy atom. The van der Waals surface area contributed by atoms with Crippen LogP contribution in [0.15, 0.2) is 4.42 Å². The van der Waals surface area contributed by atoms with Gasteiger partial charge in [0.1, 0.15) is 23.0 Å². The van der Waals surface area contributed by atoms with E-state index in [2.05, 4.69) is 21.6 Å². The molecule has 1 fully saturated rings. The van der Waals surface area contributed by atoms with E-state index in [0.717, 1.165) is 18.4 Å². The van der Waals surface area contributed by atoms with E-state index in [0.29, 0.717) is 24.4 Å². The Bertz CT molecular complexity index is 764. The van der Waals surface area contributed by atoms with Gasteiger partial charge in [0.05, 0.1) is 6.04 Å². The van der Waals surface area contributed by atoms with Gasteiger partial charge in [0.15, 0.2) is 0 Å². The summed E-state index contributed by atoms with van der Waals surface area (Å²) in [7, 11) is 0. The number of carbonyl (C=O) groups excluding carboxylic acids is 2. The molecule has 0 aromatic carbocycles. The van der Waals surface area contributed by atoms with Gasteiger partial charge >= 0.3 is 6.09 Å². The van der Waals surface area contributed by atoms with E-state index in [-0.39, 0.29) is 23.9 Å². The number of nitriles is 1. The Kier molecular flexibility index (Phi) is 6.73. The first kappa shape index (κ1) is 21.8. The molecule has 1 aromatic rings. The van der Waals surface area contributed by atoms with Crippen molar-refractivity contribution in [2.75, 3.05) is 18.4 Å². The number of anilines is 1. The molecule has 1 saturated heterocycles. The first-order chi connectivity index (χ1) is 13.0. The fraction of sp³-hybridized carbons (Fsp3) is 0.650. The zero-order chi connectivity index (χ0) is 21.1. The highest BCUT2D eigenvalue weighted by Crippen LogP contribution is 2.26. The normalized spacial score (nSPS) is 16.9. The fourth-order valence-electron chi connectivity index (χ4n) is 3.14. The maximum absolute atomic E-state index is 12.6. The molecule has 1 atom stereocenters. The average molecular weight is 390 g/mol. The van der Waals surface area contributed by atoms with Crippen LogP contribution in [-0.4, -0.2) is 47.7 Å². The van der Waals surface area contributed by atoms with Crippen LogP contribution < -0.4 is 10.6 Å². The molecule has 0 saturated carbocycles. The Morgan fingerprint density at radius 2 is 1.89 bits per heavy atom. The zero-order valence-electron chi connectivity index (χ0n) is 17.5. The Balaban J connectivity index is 1.87. The van der Waals surface area contributed by atoms with Gasteiger partial charge in [-0.15, -0.1) is 0 Å². The molecular formula is C20H30N4O4. The molecule has 0 spiro atoms. The molecule has 8 heteroatoms. The molecule has 0 radical (unpaired) electrons. The highest BCUT2D eigenvalue weighted by Gasteiger charge is 2.29. The van der Waals surface area contributed by atoms with Gasteiger partial charge in [-0.1, -0.05) is 0 Å². The standard InChI is InChI=1S/C20H30N4O4/c1-12-14(3)27-18(16(12)11-21)23-17(25)13(2)24-9-7-15(8-10-24)22-19(26)28-20(4,5)6/h13,15H,7-10H2,1-6H3,(H,22,26)(H,23,25). The van der Waals surface area contributed by atoms with Gasteiger partial charge in [-0.2, -0.15) is 5.26 Å². The Labute approximate surface area is 166 Å². The summed E-state index contributed by atoms with van der Waals surface area (Å²) >= 11 is 0. The number of hydrogen-bond donors (Lipinski definition) is 2. The molecule has 0 bridgehead atoms. The molecule has 8 nitrogen and oxygen atoms in total. The van der Waals surface area contributed by atoms with Gasteiger partial charge in [-0.25, -0.2) is 4.79 Å². The van der Waals surface area contributed by atoms with E-state index < -0.39 is 11.7 Å². The largest absolute Gasteiger partial charge is 0.444 e. The molecule has 2 N–H and O–H groups in total. The summed E-state index contributed by atoms with van der Waals surface area (Å²) in [5.74, 6) is 0.605. The van der Waals surface area contributed by atoms with Crippen molar-refractivity contribution >= 4 is 17.9 Å². The van der Waals surface area contributed by atoms with Crippen molar-refractivity contribution in [2.45, 2.75) is 72.1 Å². The predicted molar refractivity (Wildman–Crippen MR) is 105 cm³/mol. The molecular weight excluding hydrogens is 360 g/mol. The Morgan fingerprint density at radius 1 is 1.29 bits per heavy atom. The van der Waals surface area contributed by atoms with E-state index in [9.17, 15) is 14.9 Å². The molecule has 154 valence electrons. The molecule has 1 unspecified atom stereocenters. The van der Waals surface area contributed by atoms with E-state index >= 15 is 0 Å². The van der Waals surface area contributed by atoms with Crippen LogP contribution in [0, 0.1) is 25.2 Å². The number of hydrogen-bond acceptors (Lipinski definition) is 6. The third kappa shape index (κ3) is 5.49. The lowest BCUT2D eigenvalue weighted by atomic mass is 10.0. The number of alkyl carbamates (subject to hydrolysis) is 1. The molecule has 2 rings (SSSR count). The van der Waals surface area contributed by atoms with Crippen molar-refractivity contribution in [1.29, 1.82) is 5.26 Å². The summed E-state index contributed by atoms with van der Waals surface area (Å²) < 4.78 is 10.8. The lowest BCUT2D eigenvalue weighted by Gasteiger charge is -2.35. The average Bonchev–Trinajstić information content (AvgIpc) is 2.86. The number of amides is 2. The zero-order valence-corrected chi connectivity index (χ0v) is 17.5. The van der Waals surface area contributed by atoms with E-state index in [1.807, 2.05) is 27.7 Å². The molecule has 2 amide bonds. The summed E-state index contributed by atoms with van der Waals surface area (Å²) in [5.41, 5.74) is 0.570. The fourth-order valence-corrected chi connectivity index (χ4v) is 3.14. The number of rotatable bonds is 4. The van der Waals surface area contributed by atoms with Crippen LogP contribution >= 0.6 is 0 Å². The monoisotopic (exact) mass is 390 g/mol. The molecule has 1 aliphatic rings. The molecule has 1 aliphatic heterocycles. The quantitative estimate of drug-likeness (QED) is 0.818. The maximum Gasteiger partial charge on any atom is 0.407 e. The smallest absolute Gasteiger partial charge is 0.407 e. The van der Waals surface area contributed by atoms with Crippen LogP contribution in [0.25, 0.3) is 0 Å². The van der Waals surface area contributed by atoms with Gasteiger partial charge < -0.3 is 14.5 Å². The van der Waals surface area contributed by atoms with E-state index in [1.54, 1.807) is 13.8 Å². The van der Waals surface area contributed by atoms with Gasteiger partial charge in [-0.05, 0) is 54.4 Å². The highest BCUT2D eigenvalue weighted by molar-refractivity contribution is 5.94. The number of aryl methyl sites for hydroxylation is 1. The molecule has 1 aromatic heterocycles. The number of carbonyl (C=O) groups is 2. The van der Waals surface area contributed by atoms with Crippen molar-refractivity contribution < 1.29 is 18.7 Å². The van der Waals surface area contributed by atoms with E-state index in [1.165, 1.54) is 0 Å². The van der Waals surface area contributed by atoms with Crippen LogP contribution in [0.1, 0.15) is 57.4 Å². The van der Waals surface area contributed by atoms with Crippen LogP contribution in [-0.2, 0) is 9.53 Å². The number of nitrogens with one attached hydrogen (secondary N) is 2. The van der Waals surface area contributed by atoms with Crippen LogP contribution in [0.4, 0.5) is 10.7 Å². The van der Waals surface area contributed by atoms with Gasteiger partial charge in [0.2, 0.25) is 11.8 Å². The topological polar surface area (TPSA) is 108 Å². The van der Waals surface area contributed by atoms with Gasteiger partial charge in [-0.3, -0.25) is 15.0 Å². The second kappa shape index (κ2) is 8.65. The minimum Gasteiger partial charge on any atom is -0.444 e. The van der Waals surface area contributed by atoms with Crippen molar-refractivity contribution in [1.82, 2.24) is 10.2 Å². The number of ether oxygens (including phenoxy) is 1. The van der Waals surface area contributed by atoms with Crippen LogP contribution in [0.2, 0.25) is 0 Å². The maximum atomic E-state index is 12.6. The summed E-state index contributed by atoms with van der Waals surface area (Å²) in [6, 6.07) is 1.73. The number of nitrogens with zero attached hydrogens (tertiary/aromatic N) is 2. The summed E-state index contributed by atoms with van der Waals surface area (Å²) in [6.45, 7) is 12.2. The molecule has 28 heavy (non-hydrogen) atoms. The second-order valence-electron chi connectivity index (χ2n) is 8.22. The second-order valence-corrected chi connectivity index (χ2v) is 8.22. The van der Waals surface area contributed by atoms with Crippen LogP contribution in [0.5, 0.6) is 0 Å². The number of piperidine rings is 1. The van der Waals surface area contributed by atoms with Crippen molar-refractivity contribution in [2.24, 2.45) is 0 Å². The van der Waals surface area contributed by atoms with Crippen LogP contribution in [0.3, 0.4) is 0 Å². The minimum atomic E-state index is -0.526. The highest BCUT2D eigenvalue weighted by atomic mass is 16.6. The third-order valence-electron chi connectivity index (χ3n) is 4.91. The summed E-state index contributed by atoms with van der Waals surface area (Å²) in [4.78, 5) is 26.6. The minimum absolute atomic E-state index is 0.0296.